The van der Waals surface area contributed by atoms with Crippen LogP contribution in [-0.4, -0.2) is 9.97 Å². The third-order valence-corrected chi connectivity index (χ3v) is 1.96. The second-order valence-corrected chi connectivity index (χ2v) is 2.97. The quantitative estimate of drug-likeness (QED) is 0.773. The van der Waals surface area contributed by atoms with E-state index >= 15 is 0 Å². The molecule has 0 aliphatic heterocycles. The number of rotatable bonds is 2. The molecule has 0 atom stereocenters. The molecule has 1 heterocycles. The Bertz CT molecular complexity index is 412. The maximum atomic E-state index is 5.49. The van der Waals surface area contributed by atoms with E-state index in [9.17, 15) is 0 Å². The van der Waals surface area contributed by atoms with E-state index in [2.05, 4.69) is 9.97 Å². The highest BCUT2D eigenvalue weighted by Gasteiger charge is 1.99. The molecule has 1 aromatic carbocycles. The fourth-order valence-electron chi connectivity index (χ4n) is 1.25. The molecule has 0 radical (unpaired) electrons. The van der Waals surface area contributed by atoms with Crippen molar-refractivity contribution in [2.45, 2.75) is 6.54 Å². The Morgan fingerprint density at radius 2 is 1.86 bits per heavy atom. The lowest BCUT2D eigenvalue weighted by molar-refractivity contribution is 0.967. The molecule has 0 saturated heterocycles. The second-order valence-electron chi connectivity index (χ2n) is 2.97. The Hall–Kier alpha value is -1.74. The van der Waals surface area contributed by atoms with Gasteiger partial charge >= 0.3 is 0 Å². The van der Waals surface area contributed by atoms with E-state index in [0.29, 0.717) is 6.54 Å². The first-order valence-corrected chi connectivity index (χ1v) is 4.46. The van der Waals surface area contributed by atoms with Gasteiger partial charge in [-0.3, -0.25) is 4.98 Å². The Morgan fingerprint density at radius 1 is 1.07 bits per heavy atom. The third kappa shape index (κ3) is 1.78. The maximum absolute atomic E-state index is 5.49. The summed E-state index contributed by atoms with van der Waals surface area (Å²) in [4.78, 5) is 8.46. The van der Waals surface area contributed by atoms with E-state index in [-0.39, 0.29) is 0 Å². The Balaban J connectivity index is 2.42. The summed E-state index contributed by atoms with van der Waals surface area (Å²) in [5.74, 6) is 0. The van der Waals surface area contributed by atoms with Crippen molar-refractivity contribution in [1.29, 1.82) is 0 Å². The molecule has 1 aromatic heterocycles. The summed E-state index contributed by atoms with van der Waals surface area (Å²) in [6, 6.07) is 9.94. The highest BCUT2D eigenvalue weighted by Crippen LogP contribution is 2.14. The van der Waals surface area contributed by atoms with Crippen LogP contribution >= 0.6 is 0 Å². The number of hydrogen-bond acceptors (Lipinski definition) is 3. The highest BCUT2D eigenvalue weighted by atomic mass is 14.8. The highest BCUT2D eigenvalue weighted by molar-refractivity contribution is 5.57. The Morgan fingerprint density at radius 3 is 2.57 bits per heavy atom. The molecule has 0 bridgehead atoms. The first-order chi connectivity index (χ1) is 6.90. The van der Waals surface area contributed by atoms with Crippen molar-refractivity contribution in [3.8, 4) is 11.3 Å². The standard InChI is InChI=1S/C11H11N3/c12-6-10-7-13-8-11(14-10)9-4-2-1-3-5-9/h1-5,7-8H,6,12H2. The Kier molecular flexibility index (Phi) is 2.51. The minimum Gasteiger partial charge on any atom is -0.325 e. The number of benzene rings is 1. The largest absolute Gasteiger partial charge is 0.325 e. The molecular weight excluding hydrogens is 174 g/mol. The lowest BCUT2D eigenvalue weighted by Crippen LogP contribution is -2.01. The van der Waals surface area contributed by atoms with Crippen LogP contribution in [0.3, 0.4) is 0 Å². The molecule has 2 rings (SSSR count). The molecule has 3 nitrogen and oxygen atoms in total. The van der Waals surface area contributed by atoms with Gasteiger partial charge in [-0.2, -0.15) is 0 Å². The van der Waals surface area contributed by atoms with Gasteiger partial charge in [0.05, 0.1) is 17.6 Å². The minimum atomic E-state index is 0.424. The molecule has 2 aromatic rings. The molecule has 3 heteroatoms. The predicted octanol–water partition coefficient (Wildman–Crippen LogP) is 1.60. The van der Waals surface area contributed by atoms with Gasteiger partial charge in [0.1, 0.15) is 0 Å². The molecular formula is C11H11N3. The number of aromatic nitrogens is 2. The van der Waals surface area contributed by atoms with Gasteiger partial charge in [0.25, 0.3) is 0 Å². The second kappa shape index (κ2) is 3.98. The summed E-state index contributed by atoms with van der Waals surface area (Å²) in [6.07, 6.45) is 3.43. The van der Waals surface area contributed by atoms with E-state index in [1.165, 1.54) is 0 Å². The average Bonchev–Trinajstić information content (AvgIpc) is 2.30. The van der Waals surface area contributed by atoms with Crippen molar-refractivity contribution >= 4 is 0 Å². The van der Waals surface area contributed by atoms with E-state index < -0.39 is 0 Å². The van der Waals surface area contributed by atoms with Crippen molar-refractivity contribution in [3.63, 3.8) is 0 Å². The van der Waals surface area contributed by atoms with Gasteiger partial charge in [-0.05, 0) is 0 Å². The van der Waals surface area contributed by atoms with Gasteiger partial charge in [0, 0.05) is 18.3 Å². The molecule has 0 fully saturated rings. The lowest BCUT2D eigenvalue weighted by atomic mass is 10.2. The fraction of sp³-hybridized carbons (Fsp3) is 0.0909. The van der Waals surface area contributed by atoms with Crippen LogP contribution in [0.25, 0.3) is 11.3 Å². The summed E-state index contributed by atoms with van der Waals surface area (Å²) >= 11 is 0. The first kappa shape index (κ1) is 8.84. The van der Waals surface area contributed by atoms with Crippen LogP contribution in [-0.2, 0) is 6.54 Å². The summed E-state index contributed by atoms with van der Waals surface area (Å²) in [5, 5.41) is 0. The zero-order valence-corrected chi connectivity index (χ0v) is 7.72. The number of nitrogens with two attached hydrogens (primary N) is 1. The molecule has 70 valence electrons. The van der Waals surface area contributed by atoms with E-state index in [1.54, 1.807) is 12.4 Å². The van der Waals surface area contributed by atoms with Gasteiger partial charge in [-0.25, -0.2) is 4.98 Å². The molecule has 14 heavy (non-hydrogen) atoms. The van der Waals surface area contributed by atoms with E-state index in [1.807, 2.05) is 30.3 Å². The molecule has 0 saturated carbocycles. The Labute approximate surface area is 82.6 Å². The molecule has 0 aliphatic carbocycles. The molecule has 0 amide bonds. The predicted molar refractivity (Wildman–Crippen MR) is 55.4 cm³/mol. The maximum Gasteiger partial charge on any atom is 0.0889 e. The molecule has 0 spiro atoms. The summed E-state index contributed by atoms with van der Waals surface area (Å²) in [7, 11) is 0. The van der Waals surface area contributed by atoms with Crippen molar-refractivity contribution in [3.05, 3.63) is 48.4 Å². The normalized spacial score (nSPS) is 10.1. The fourth-order valence-corrected chi connectivity index (χ4v) is 1.25. The molecule has 0 unspecified atom stereocenters. The van der Waals surface area contributed by atoms with Gasteiger partial charge in [0.2, 0.25) is 0 Å². The summed E-state index contributed by atoms with van der Waals surface area (Å²) < 4.78 is 0. The number of hydrogen-bond donors (Lipinski definition) is 1. The van der Waals surface area contributed by atoms with Crippen molar-refractivity contribution in [2.24, 2.45) is 5.73 Å². The lowest BCUT2D eigenvalue weighted by Gasteiger charge is -2.01. The van der Waals surface area contributed by atoms with Gasteiger partial charge < -0.3 is 5.73 Å². The van der Waals surface area contributed by atoms with Crippen molar-refractivity contribution in [1.82, 2.24) is 9.97 Å². The first-order valence-electron chi connectivity index (χ1n) is 4.46. The monoisotopic (exact) mass is 185 g/mol. The van der Waals surface area contributed by atoms with Crippen LogP contribution in [0.4, 0.5) is 0 Å². The van der Waals surface area contributed by atoms with Crippen LogP contribution in [0.15, 0.2) is 42.7 Å². The zero-order chi connectivity index (χ0) is 9.80. The van der Waals surface area contributed by atoms with Crippen molar-refractivity contribution < 1.29 is 0 Å². The average molecular weight is 185 g/mol. The van der Waals surface area contributed by atoms with Crippen LogP contribution in [0.1, 0.15) is 5.69 Å². The number of nitrogens with zero attached hydrogens (tertiary/aromatic N) is 2. The smallest absolute Gasteiger partial charge is 0.0889 e. The van der Waals surface area contributed by atoms with E-state index in [0.717, 1.165) is 17.0 Å². The SMILES string of the molecule is NCc1cncc(-c2ccccc2)n1. The topological polar surface area (TPSA) is 51.8 Å². The van der Waals surface area contributed by atoms with Gasteiger partial charge in [-0.15, -0.1) is 0 Å². The van der Waals surface area contributed by atoms with Crippen LogP contribution < -0.4 is 5.73 Å². The van der Waals surface area contributed by atoms with Crippen LogP contribution in [0, 0.1) is 0 Å². The molecule has 2 N–H and O–H groups in total. The third-order valence-electron chi connectivity index (χ3n) is 1.96. The van der Waals surface area contributed by atoms with E-state index in [4.69, 9.17) is 5.73 Å². The van der Waals surface area contributed by atoms with Crippen LogP contribution in [0.5, 0.6) is 0 Å². The summed E-state index contributed by atoms with van der Waals surface area (Å²) in [5.41, 5.74) is 8.24. The van der Waals surface area contributed by atoms with Gasteiger partial charge in [-0.1, -0.05) is 30.3 Å². The molecule has 0 aliphatic rings. The zero-order valence-electron chi connectivity index (χ0n) is 7.72. The van der Waals surface area contributed by atoms with Crippen molar-refractivity contribution in [2.75, 3.05) is 0 Å². The minimum absolute atomic E-state index is 0.424. The van der Waals surface area contributed by atoms with Crippen LogP contribution in [0.2, 0.25) is 0 Å². The van der Waals surface area contributed by atoms with Gasteiger partial charge in [0.15, 0.2) is 0 Å². The summed E-state index contributed by atoms with van der Waals surface area (Å²) in [6.45, 7) is 0.424.